The van der Waals surface area contributed by atoms with E-state index in [1.165, 1.54) is 14.2 Å². The second kappa shape index (κ2) is 3.50. The van der Waals surface area contributed by atoms with Crippen molar-refractivity contribution in [3.8, 4) is 0 Å². The molecule has 1 saturated carbocycles. The van der Waals surface area contributed by atoms with E-state index in [2.05, 4.69) is 0 Å². The highest BCUT2D eigenvalue weighted by Gasteiger charge is 2.81. The summed E-state index contributed by atoms with van der Waals surface area (Å²) in [5, 5.41) is 0.0833. The highest BCUT2D eigenvalue weighted by Crippen LogP contribution is 2.67. The zero-order valence-corrected chi connectivity index (χ0v) is 11.5. The molecule has 2 rings (SSSR count). The smallest absolute Gasteiger partial charge is 0.225 e. The van der Waals surface area contributed by atoms with Gasteiger partial charge in [0.15, 0.2) is 10.7 Å². The summed E-state index contributed by atoms with van der Waals surface area (Å²) in [5.41, 5.74) is 0. The first-order chi connectivity index (χ1) is 7.31. The molecular formula is C9H8Cl4O3. The molecule has 7 heteroatoms. The number of hydrogen-bond donors (Lipinski definition) is 0. The SMILES string of the molecule is COC1(OC)C2(Cl)CC(=O)C1(Cl)C(Cl)=C2Cl. The van der Waals surface area contributed by atoms with Crippen molar-refractivity contribution < 1.29 is 14.3 Å². The van der Waals surface area contributed by atoms with Gasteiger partial charge in [0.05, 0.1) is 10.1 Å². The van der Waals surface area contributed by atoms with Crippen LogP contribution in [0.2, 0.25) is 0 Å². The van der Waals surface area contributed by atoms with E-state index in [1.54, 1.807) is 0 Å². The Morgan fingerprint density at radius 2 is 1.62 bits per heavy atom. The third-order valence-corrected chi connectivity index (χ3v) is 5.68. The van der Waals surface area contributed by atoms with Crippen molar-refractivity contribution in [1.29, 1.82) is 0 Å². The fraction of sp³-hybridized carbons (Fsp3) is 0.667. The molecule has 0 heterocycles. The van der Waals surface area contributed by atoms with Gasteiger partial charge in [0, 0.05) is 20.6 Å². The molecule has 0 aliphatic heterocycles. The molecule has 3 nitrogen and oxygen atoms in total. The average molecular weight is 306 g/mol. The fourth-order valence-corrected chi connectivity index (χ4v) is 4.28. The molecule has 2 aliphatic rings. The van der Waals surface area contributed by atoms with Gasteiger partial charge in [0.25, 0.3) is 0 Å². The fourth-order valence-electron chi connectivity index (χ4n) is 2.42. The monoisotopic (exact) mass is 304 g/mol. The Hall–Kier alpha value is 0.490. The van der Waals surface area contributed by atoms with Crippen molar-refractivity contribution >= 4 is 52.2 Å². The van der Waals surface area contributed by atoms with Gasteiger partial charge < -0.3 is 9.47 Å². The van der Waals surface area contributed by atoms with Crippen LogP contribution in [0.5, 0.6) is 0 Å². The summed E-state index contributed by atoms with van der Waals surface area (Å²) in [7, 11) is 2.69. The molecule has 2 unspecified atom stereocenters. The molecule has 0 aromatic rings. The average Bonchev–Trinajstić information content (AvgIpc) is 2.50. The number of fused-ring (bicyclic) bond motifs is 2. The predicted molar refractivity (Wildman–Crippen MR) is 62.3 cm³/mol. The largest absolute Gasteiger partial charge is 0.349 e. The Morgan fingerprint density at radius 3 is 1.94 bits per heavy atom. The van der Waals surface area contributed by atoms with E-state index in [0.717, 1.165) is 0 Å². The third-order valence-electron chi connectivity index (χ3n) is 3.18. The van der Waals surface area contributed by atoms with Crippen LogP contribution in [0.15, 0.2) is 10.1 Å². The van der Waals surface area contributed by atoms with Crippen molar-refractivity contribution in [2.45, 2.75) is 22.0 Å². The van der Waals surface area contributed by atoms with Crippen LogP contribution in [0.1, 0.15) is 6.42 Å². The lowest BCUT2D eigenvalue weighted by Crippen LogP contribution is -2.57. The zero-order chi connectivity index (χ0) is 12.4. The van der Waals surface area contributed by atoms with Gasteiger partial charge in [-0.1, -0.05) is 34.8 Å². The molecule has 0 radical (unpaired) electrons. The molecule has 2 aliphatic carbocycles. The van der Waals surface area contributed by atoms with E-state index < -0.39 is 15.5 Å². The van der Waals surface area contributed by atoms with Gasteiger partial charge in [-0.25, -0.2) is 0 Å². The van der Waals surface area contributed by atoms with E-state index >= 15 is 0 Å². The van der Waals surface area contributed by atoms with Gasteiger partial charge in [0.1, 0.15) is 4.87 Å². The first-order valence-electron chi connectivity index (χ1n) is 4.39. The number of ether oxygens (including phenoxy) is 2. The molecule has 0 aromatic heterocycles. The Labute approximate surface area is 113 Å². The van der Waals surface area contributed by atoms with Gasteiger partial charge in [-0.2, -0.15) is 0 Å². The molecule has 0 N–H and O–H groups in total. The quantitative estimate of drug-likeness (QED) is 0.581. The number of carbonyl (C=O) groups is 1. The lowest BCUT2D eigenvalue weighted by molar-refractivity contribution is -0.215. The maximum Gasteiger partial charge on any atom is 0.225 e. The Kier molecular flexibility index (Phi) is 2.83. The van der Waals surface area contributed by atoms with Gasteiger partial charge >= 0.3 is 0 Å². The number of hydrogen-bond acceptors (Lipinski definition) is 3. The maximum absolute atomic E-state index is 11.9. The number of alkyl halides is 2. The summed E-state index contributed by atoms with van der Waals surface area (Å²) in [6.45, 7) is 0. The van der Waals surface area contributed by atoms with Crippen LogP contribution in [0.25, 0.3) is 0 Å². The second-order valence-electron chi connectivity index (χ2n) is 3.71. The molecule has 1 fully saturated rings. The molecule has 0 aromatic carbocycles. The van der Waals surface area contributed by atoms with Gasteiger partial charge in [-0.05, 0) is 0 Å². The topological polar surface area (TPSA) is 35.5 Å². The van der Waals surface area contributed by atoms with Crippen LogP contribution >= 0.6 is 46.4 Å². The zero-order valence-electron chi connectivity index (χ0n) is 8.44. The van der Waals surface area contributed by atoms with Crippen LogP contribution in [-0.2, 0) is 14.3 Å². The molecule has 2 bridgehead atoms. The molecule has 0 amide bonds. The Balaban J connectivity index is 2.75. The summed E-state index contributed by atoms with van der Waals surface area (Å²) in [5.74, 6) is -1.92. The van der Waals surface area contributed by atoms with Gasteiger partial charge in [0.2, 0.25) is 5.79 Å². The predicted octanol–water partition coefficient (Wildman–Crippen LogP) is 2.61. The number of Topliss-reactive ketones (excluding diaryl/α,β-unsaturated/α-hetero) is 1. The van der Waals surface area contributed by atoms with Crippen molar-refractivity contribution in [2.24, 2.45) is 0 Å². The van der Waals surface area contributed by atoms with Gasteiger partial charge in [-0.15, -0.1) is 11.6 Å². The minimum Gasteiger partial charge on any atom is -0.349 e. The van der Waals surface area contributed by atoms with Crippen molar-refractivity contribution in [1.82, 2.24) is 0 Å². The van der Waals surface area contributed by atoms with E-state index in [4.69, 9.17) is 55.9 Å². The van der Waals surface area contributed by atoms with Crippen LogP contribution < -0.4 is 0 Å². The van der Waals surface area contributed by atoms with E-state index in [1.807, 2.05) is 0 Å². The van der Waals surface area contributed by atoms with E-state index in [0.29, 0.717) is 0 Å². The summed E-state index contributed by atoms with van der Waals surface area (Å²) >= 11 is 24.6. The molecule has 0 saturated heterocycles. The van der Waals surface area contributed by atoms with Crippen molar-refractivity contribution in [3.63, 3.8) is 0 Å². The molecule has 16 heavy (non-hydrogen) atoms. The van der Waals surface area contributed by atoms with E-state index in [-0.39, 0.29) is 22.3 Å². The highest BCUT2D eigenvalue weighted by molar-refractivity contribution is 6.57. The number of halogens is 4. The van der Waals surface area contributed by atoms with Crippen LogP contribution in [-0.4, -0.2) is 35.5 Å². The number of methoxy groups -OCH3 is 2. The summed E-state index contributed by atoms with van der Waals surface area (Å²) < 4.78 is 10.5. The minimum absolute atomic E-state index is 0.0224. The molecule has 0 spiro atoms. The maximum atomic E-state index is 11.9. The van der Waals surface area contributed by atoms with Gasteiger partial charge in [-0.3, -0.25) is 4.79 Å². The van der Waals surface area contributed by atoms with Crippen molar-refractivity contribution in [3.05, 3.63) is 10.1 Å². The molecule has 90 valence electrons. The van der Waals surface area contributed by atoms with Crippen molar-refractivity contribution in [2.75, 3.05) is 14.2 Å². The number of rotatable bonds is 2. The molecular weight excluding hydrogens is 298 g/mol. The number of ketones is 1. The third kappa shape index (κ3) is 0.995. The van der Waals surface area contributed by atoms with Crippen LogP contribution in [0.4, 0.5) is 0 Å². The van der Waals surface area contributed by atoms with Crippen LogP contribution in [0.3, 0.4) is 0 Å². The number of carbonyl (C=O) groups excluding carboxylic acids is 1. The standard InChI is InChI=1S/C9H8Cl4O3/c1-15-9(16-2)7(12)3-4(14)8(9,13)6(11)5(7)10/h3H2,1-2H3. The minimum atomic E-state index is -1.66. The Bertz CT molecular complexity index is 404. The summed E-state index contributed by atoms with van der Waals surface area (Å²) in [6, 6.07) is 0. The summed E-state index contributed by atoms with van der Waals surface area (Å²) in [6.07, 6.45) is -0.0746. The second-order valence-corrected chi connectivity index (χ2v) is 5.68. The first kappa shape index (κ1) is 12.9. The summed E-state index contributed by atoms with van der Waals surface area (Å²) in [4.78, 5) is 8.89. The molecule has 2 atom stereocenters. The Morgan fingerprint density at radius 1 is 1.12 bits per heavy atom. The van der Waals surface area contributed by atoms with E-state index in [9.17, 15) is 4.79 Å². The normalized spacial score (nSPS) is 41.0. The van der Waals surface area contributed by atoms with Crippen LogP contribution in [0, 0.1) is 0 Å². The highest BCUT2D eigenvalue weighted by atomic mass is 35.5. The lowest BCUT2D eigenvalue weighted by atomic mass is 10.0. The lowest BCUT2D eigenvalue weighted by Gasteiger charge is -2.38. The first-order valence-corrected chi connectivity index (χ1v) is 5.90.